The van der Waals surface area contributed by atoms with Gasteiger partial charge < -0.3 is 0 Å². The minimum atomic E-state index is -0.842. The number of rotatable bonds is 10. The molecule has 0 N–H and O–H groups in total. The molecule has 0 radical (unpaired) electrons. The predicted molar refractivity (Wildman–Crippen MR) is 102 cm³/mol. The first-order valence-corrected chi connectivity index (χ1v) is 10.1. The molecule has 0 amide bonds. The Labute approximate surface area is 155 Å². The fourth-order valence-corrected chi connectivity index (χ4v) is 3.76. The lowest BCUT2D eigenvalue weighted by molar-refractivity contribution is -0.559. The molecule has 150 valence electrons. The number of hydrogen-bond acceptors (Lipinski definition) is 4. The molecule has 1 atom stereocenters. The molecule has 4 heteroatoms. The summed E-state index contributed by atoms with van der Waals surface area (Å²) in [4.78, 5) is 23.8. The van der Waals surface area contributed by atoms with E-state index in [1.54, 1.807) is 0 Å². The van der Waals surface area contributed by atoms with E-state index in [0.717, 1.165) is 44.9 Å². The van der Waals surface area contributed by atoms with Crippen LogP contribution in [0.1, 0.15) is 107 Å². The first-order chi connectivity index (χ1) is 11.4. The summed E-state index contributed by atoms with van der Waals surface area (Å²) in [5.41, 5.74) is -0.388. The van der Waals surface area contributed by atoms with Gasteiger partial charge in [0.1, 0.15) is 0 Å². The van der Waals surface area contributed by atoms with Gasteiger partial charge in [0.15, 0.2) is 0 Å². The Hall–Kier alpha value is -0.160. The molecule has 1 fully saturated rings. The van der Waals surface area contributed by atoms with E-state index in [2.05, 4.69) is 62.3 Å². The minimum absolute atomic E-state index is 0.186. The highest BCUT2D eigenvalue weighted by Crippen LogP contribution is 2.47. The normalized spacial score (nSPS) is 23.6. The van der Waals surface area contributed by atoms with Crippen molar-refractivity contribution < 1.29 is 19.6 Å². The molecule has 25 heavy (non-hydrogen) atoms. The molecule has 0 aromatic carbocycles. The molecular weight excluding hydrogens is 316 g/mol. The fourth-order valence-electron chi connectivity index (χ4n) is 3.76. The molecule has 1 rings (SSSR count). The number of hydrogen-bond donors (Lipinski definition) is 0. The maximum atomic E-state index is 6.02. The van der Waals surface area contributed by atoms with E-state index < -0.39 is 5.79 Å². The second-order valence-electron chi connectivity index (χ2n) is 9.93. The van der Waals surface area contributed by atoms with Crippen LogP contribution in [0.2, 0.25) is 0 Å². The summed E-state index contributed by atoms with van der Waals surface area (Å²) in [5, 5.41) is 0. The van der Waals surface area contributed by atoms with Gasteiger partial charge >= 0.3 is 0 Å². The van der Waals surface area contributed by atoms with Crippen molar-refractivity contribution in [3.8, 4) is 0 Å². The smallest absolute Gasteiger partial charge is 0.228 e. The summed E-state index contributed by atoms with van der Waals surface area (Å²) < 4.78 is 0. The van der Waals surface area contributed by atoms with Crippen molar-refractivity contribution in [3.63, 3.8) is 0 Å². The van der Waals surface area contributed by atoms with E-state index in [4.69, 9.17) is 19.6 Å². The standard InChI is InChI=1S/C21H42O4/c1-10-12-19(6,7)22-24-21(25-23-20(8,9)13-11-2)15-14-18(4,5)16-17(21)3/h17H,10-16H2,1-9H3. The molecule has 0 bridgehead atoms. The third kappa shape index (κ3) is 7.16. The van der Waals surface area contributed by atoms with E-state index in [1.807, 2.05) is 0 Å². The molecule has 1 aliphatic carbocycles. The van der Waals surface area contributed by atoms with Gasteiger partial charge in [-0.2, -0.15) is 9.78 Å². The van der Waals surface area contributed by atoms with Crippen LogP contribution in [0, 0.1) is 11.3 Å². The van der Waals surface area contributed by atoms with Crippen LogP contribution in [-0.4, -0.2) is 17.0 Å². The Bertz CT molecular complexity index is 379. The van der Waals surface area contributed by atoms with Crippen molar-refractivity contribution >= 4 is 0 Å². The Morgan fingerprint density at radius 1 is 0.840 bits per heavy atom. The fraction of sp³-hybridized carbons (Fsp3) is 1.00. The van der Waals surface area contributed by atoms with Crippen molar-refractivity contribution in [2.24, 2.45) is 11.3 Å². The van der Waals surface area contributed by atoms with Gasteiger partial charge in [0, 0.05) is 12.3 Å². The monoisotopic (exact) mass is 358 g/mol. The van der Waals surface area contributed by atoms with Gasteiger partial charge in [0.25, 0.3) is 0 Å². The average Bonchev–Trinajstić information content (AvgIpc) is 2.45. The van der Waals surface area contributed by atoms with Crippen molar-refractivity contribution in [2.45, 2.75) is 124 Å². The van der Waals surface area contributed by atoms with Crippen LogP contribution in [0.4, 0.5) is 0 Å². The zero-order valence-electron chi connectivity index (χ0n) is 18.2. The summed E-state index contributed by atoms with van der Waals surface area (Å²) in [7, 11) is 0. The summed E-state index contributed by atoms with van der Waals surface area (Å²) in [6.45, 7) is 19.3. The summed E-state index contributed by atoms with van der Waals surface area (Å²) in [6.07, 6.45) is 6.77. The van der Waals surface area contributed by atoms with Crippen molar-refractivity contribution in [1.29, 1.82) is 0 Å². The van der Waals surface area contributed by atoms with E-state index in [-0.39, 0.29) is 22.5 Å². The lowest BCUT2D eigenvalue weighted by Gasteiger charge is -2.47. The highest BCUT2D eigenvalue weighted by atomic mass is 17.3. The zero-order chi connectivity index (χ0) is 19.4. The topological polar surface area (TPSA) is 36.9 Å². The lowest BCUT2D eigenvalue weighted by Crippen LogP contribution is -2.51. The van der Waals surface area contributed by atoms with Gasteiger partial charge in [-0.3, -0.25) is 0 Å². The molecule has 4 nitrogen and oxygen atoms in total. The molecule has 0 aliphatic heterocycles. The van der Waals surface area contributed by atoms with Crippen LogP contribution in [-0.2, 0) is 19.6 Å². The quantitative estimate of drug-likeness (QED) is 0.251. The average molecular weight is 359 g/mol. The lowest BCUT2D eigenvalue weighted by atomic mass is 9.70. The van der Waals surface area contributed by atoms with E-state index >= 15 is 0 Å². The molecule has 0 aromatic rings. The van der Waals surface area contributed by atoms with Crippen molar-refractivity contribution in [3.05, 3.63) is 0 Å². The molecule has 1 unspecified atom stereocenters. The van der Waals surface area contributed by atoms with E-state index in [9.17, 15) is 0 Å². The van der Waals surface area contributed by atoms with Crippen LogP contribution < -0.4 is 0 Å². The van der Waals surface area contributed by atoms with E-state index in [1.165, 1.54) is 0 Å². The molecule has 0 spiro atoms. The van der Waals surface area contributed by atoms with Gasteiger partial charge in [0.2, 0.25) is 5.79 Å². The van der Waals surface area contributed by atoms with Crippen LogP contribution in [0.15, 0.2) is 0 Å². The highest BCUT2D eigenvalue weighted by molar-refractivity contribution is 4.88. The van der Waals surface area contributed by atoms with Gasteiger partial charge in [-0.1, -0.05) is 47.5 Å². The van der Waals surface area contributed by atoms with Crippen LogP contribution >= 0.6 is 0 Å². The molecule has 0 aromatic heterocycles. The molecule has 0 saturated heterocycles. The van der Waals surface area contributed by atoms with E-state index in [0.29, 0.717) is 0 Å². The second-order valence-corrected chi connectivity index (χ2v) is 9.93. The van der Waals surface area contributed by atoms with Crippen LogP contribution in [0.3, 0.4) is 0 Å². The van der Waals surface area contributed by atoms with Gasteiger partial charge in [-0.05, 0) is 58.8 Å². The molecule has 1 saturated carbocycles. The third-order valence-corrected chi connectivity index (χ3v) is 5.28. The summed E-state index contributed by atoms with van der Waals surface area (Å²) >= 11 is 0. The van der Waals surface area contributed by atoms with Gasteiger partial charge in [-0.15, -0.1) is 0 Å². The largest absolute Gasteiger partial charge is 0.236 e. The molecule has 1 aliphatic rings. The first-order valence-electron chi connectivity index (χ1n) is 10.1. The molecule has 0 heterocycles. The Morgan fingerprint density at radius 2 is 1.28 bits per heavy atom. The summed E-state index contributed by atoms with van der Waals surface area (Å²) in [5.74, 6) is -0.656. The maximum Gasteiger partial charge on any atom is 0.236 e. The van der Waals surface area contributed by atoms with Crippen molar-refractivity contribution in [2.75, 3.05) is 0 Å². The van der Waals surface area contributed by atoms with Crippen LogP contribution in [0.5, 0.6) is 0 Å². The first kappa shape index (κ1) is 22.9. The van der Waals surface area contributed by atoms with Crippen LogP contribution in [0.25, 0.3) is 0 Å². The van der Waals surface area contributed by atoms with Crippen molar-refractivity contribution in [1.82, 2.24) is 0 Å². The maximum absolute atomic E-state index is 6.02. The summed E-state index contributed by atoms with van der Waals surface area (Å²) in [6, 6.07) is 0. The van der Waals surface area contributed by atoms with Gasteiger partial charge in [-0.25, -0.2) is 9.78 Å². The Kier molecular flexibility index (Phi) is 7.95. The predicted octanol–water partition coefficient (Wildman–Crippen LogP) is 6.58. The SMILES string of the molecule is CCCC(C)(C)OOC1(OOC(C)(C)CCC)CCC(C)(C)CC1C. The second kappa shape index (κ2) is 8.69. The third-order valence-electron chi connectivity index (χ3n) is 5.28. The molecular formula is C21H42O4. The van der Waals surface area contributed by atoms with Gasteiger partial charge in [0.05, 0.1) is 11.2 Å². The Morgan fingerprint density at radius 3 is 1.64 bits per heavy atom. The zero-order valence-corrected chi connectivity index (χ0v) is 18.2. The Balaban J connectivity index is 2.87. The minimum Gasteiger partial charge on any atom is -0.228 e. The highest BCUT2D eigenvalue weighted by Gasteiger charge is 2.50.